The molecule has 0 heterocycles. The van der Waals surface area contributed by atoms with E-state index in [1.807, 2.05) is 39.8 Å². The molecule has 1 unspecified atom stereocenters. The van der Waals surface area contributed by atoms with Gasteiger partial charge in [0, 0.05) is 12.1 Å². The topological polar surface area (TPSA) is 105 Å². The zero-order valence-electron chi connectivity index (χ0n) is 22.8. The Labute approximate surface area is 220 Å². The van der Waals surface area contributed by atoms with E-state index in [9.17, 15) is 18.0 Å². The minimum absolute atomic E-state index is 0.115. The molecular formula is C27H39N3O6S. The molecule has 0 aliphatic carbocycles. The fourth-order valence-electron chi connectivity index (χ4n) is 3.84. The van der Waals surface area contributed by atoms with E-state index in [4.69, 9.17) is 9.47 Å². The number of methoxy groups -OCH3 is 1. The quantitative estimate of drug-likeness (QED) is 0.447. The average Bonchev–Trinajstić information content (AvgIpc) is 2.81. The molecule has 0 fully saturated rings. The van der Waals surface area contributed by atoms with Gasteiger partial charge in [0.15, 0.2) is 0 Å². The summed E-state index contributed by atoms with van der Waals surface area (Å²) < 4.78 is 37.6. The van der Waals surface area contributed by atoms with Crippen LogP contribution in [0.4, 0.5) is 5.69 Å². The second-order valence-corrected chi connectivity index (χ2v) is 11.6. The minimum atomic E-state index is -3.86. The number of benzene rings is 2. The second kappa shape index (κ2) is 12.8. The number of ether oxygens (including phenoxy) is 2. The lowest BCUT2D eigenvalue weighted by Gasteiger charge is -2.34. The van der Waals surface area contributed by atoms with Crippen molar-refractivity contribution in [2.75, 3.05) is 30.8 Å². The molecule has 0 saturated carbocycles. The van der Waals surface area contributed by atoms with Gasteiger partial charge in [-0.1, -0.05) is 31.2 Å². The molecule has 2 aromatic carbocycles. The molecule has 37 heavy (non-hydrogen) atoms. The number of amides is 2. The SMILES string of the molecule is CCOc1ccccc1N(CC(=O)N(Cc1ccc(OC)cc1)C(CC)C(=O)NC(C)(C)C)S(C)(=O)=O. The molecule has 0 radical (unpaired) electrons. The van der Waals surface area contributed by atoms with Gasteiger partial charge in [0.1, 0.15) is 24.1 Å². The first-order valence-electron chi connectivity index (χ1n) is 12.2. The predicted molar refractivity (Wildman–Crippen MR) is 145 cm³/mol. The van der Waals surface area contributed by atoms with E-state index in [1.165, 1.54) is 4.90 Å². The van der Waals surface area contributed by atoms with Crippen molar-refractivity contribution in [1.29, 1.82) is 0 Å². The zero-order chi connectivity index (χ0) is 27.8. The van der Waals surface area contributed by atoms with Crippen LogP contribution in [0.2, 0.25) is 0 Å². The van der Waals surface area contributed by atoms with Crippen molar-refractivity contribution >= 4 is 27.5 Å². The Morgan fingerprint density at radius 1 is 1.03 bits per heavy atom. The van der Waals surface area contributed by atoms with Crippen molar-refractivity contribution < 1.29 is 27.5 Å². The van der Waals surface area contributed by atoms with Crippen molar-refractivity contribution in [3.63, 3.8) is 0 Å². The van der Waals surface area contributed by atoms with Gasteiger partial charge in [0.25, 0.3) is 0 Å². The predicted octanol–water partition coefficient (Wildman–Crippen LogP) is 3.58. The molecule has 0 aliphatic rings. The molecule has 10 heteroatoms. The first kappa shape index (κ1) is 30.0. The summed E-state index contributed by atoms with van der Waals surface area (Å²) in [5.41, 5.74) is 0.530. The summed E-state index contributed by atoms with van der Waals surface area (Å²) in [6, 6.07) is 13.0. The third-order valence-electron chi connectivity index (χ3n) is 5.51. The highest BCUT2D eigenvalue weighted by Crippen LogP contribution is 2.30. The Morgan fingerprint density at radius 2 is 1.65 bits per heavy atom. The number of nitrogens with zero attached hydrogens (tertiary/aromatic N) is 2. The first-order chi connectivity index (χ1) is 17.3. The summed E-state index contributed by atoms with van der Waals surface area (Å²) in [6.45, 7) is 9.16. The van der Waals surface area contributed by atoms with E-state index in [-0.39, 0.29) is 18.1 Å². The lowest BCUT2D eigenvalue weighted by molar-refractivity contribution is -0.141. The van der Waals surface area contributed by atoms with Crippen molar-refractivity contribution in [2.45, 2.75) is 59.2 Å². The van der Waals surface area contributed by atoms with Gasteiger partial charge in [-0.3, -0.25) is 13.9 Å². The highest BCUT2D eigenvalue weighted by Gasteiger charge is 2.33. The summed E-state index contributed by atoms with van der Waals surface area (Å²) in [7, 11) is -2.30. The standard InChI is InChI=1S/C27H39N3O6S/c1-8-22(26(32)28-27(3,4)5)29(18-20-14-16-21(35-6)17-15-20)25(31)19-30(37(7,33)34)23-12-10-11-13-24(23)36-9-2/h10-17,22H,8-9,18-19H2,1-7H3,(H,28,32). The number of nitrogens with one attached hydrogen (secondary N) is 1. The van der Waals surface area contributed by atoms with E-state index < -0.39 is 34.1 Å². The molecule has 204 valence electrons. The van der Waals surface area contributed by atoms with Crippen molar-refractivity contribution in [3.05, 3.63) is 54.1 Å². The molecule has 2 rings (SSSR count). The highest BCUT2D eigenvalue weighted by atomic mass is 32.2. The summed E-state index contributed by atoms with van der Waals surface area (Å²) in [6.07, 6.45) is 1.39. The first-order valence-corrected chi connectivity index (χ1v) is 14.1. The van der Waals surface area contributed by atoms with Crippen molar-refractivity contribution in [2.24, 2.45) is 0 Å². The summed E-state index contributed by atoms with van der Waals surface area (Å²) >= 11 is 0. The van der Waals surface area contributed by atoms with Gasteiger partial charge in [-0.05, 0) is 63.9 Å². The smallest absolute Gasteiger partial charge is 0.244 e. The van der Waals surface area contributed by atoms with Gasteiger partial charge < -0.3 is 19.7 Å². The summed E-state index contributed by atoms with van der Waals surface area (Å²) in [5.74, 6) is 0.193. The number of hydrogen-bond acceptors (Lipinski definition) is 6. The zero-order valence-corrected chi connectivity index (χ0v) is 23.6. The molecule has 1 N–H and O–H groups in total. The molecule has 0 bridgehead atoms. The molecule has 0 aromatic heterocycles. The van der Waals surface area contributed by atoms with Crippen molar-refractivity contribution in [1.82, 2.24) is 10.2 Å². The maximum absolute atomic E-state index is 13.8. The van der Waals surface area contributed by atoms with E-state index in [0.717, 1.165) is 16.1 Å². The van der Waals surface area contributed by atoms with Crippen LogP contribution < -0.4 is 19.1 Å². The molecular weight excluding hydrogens is 494 g/mol. The Kier molecular flexibility index (Phi) is 10.4. The van der Waals surface area contributed by atoms with Crippen molar-refractivity contribution in [3.8, 4) is 11.5 Å². The van der Waals surface area contributed by atoms with Crippen LogP contribution >= 0.6 is 0 Å². The molecule has 9 nitrogen and oxygen atoms in total. The second-order valence-electron chi connectivity index (χ2n) is 9.70. The molecule has 2 aromatic rings. The van der Waals surface area contributed by atoms with Crippen LogP contribution in [0.15, 0.2) is 48.5 Å². The van der Waals surface area contributed by atoms with Gasteiger partial charge in [0.2, 0.25) is 21.8 Å². The average molecular weight is 534 g/mol. The Bertz CT molecular complexity index is 1160. The van der Waals surface area contributed by atoms with E-state index in [2.05, 4.69) is 5.32 Å². The molecule has 1 atom stereocenters. The van der Waals surface area contributed by atoms with Gasteiger partial charge in [-0.2, -0.15) is 0 Å². The van der Waals surface area contributed by atoms with Crippen LogP contribution in [0.1, 0.15) is 46.6 Å². The minimum Gasteiger partial charge on any atom is -0.497 e. The van der Waals surface area contributed by atoms with E-state index in [0.29, 0.717) is 24.5 Å². The lowest BCUT2D eigenvalue weighted by atomic mass is 10.1. The number of anilines is 1. The van der Waals surface area contributed by atoms with Crippen LogP contribution in [0.5, 0.6) is 11.5 Å². The monoisotopic (exact) mass is 533 g/mol. The fraction of sp³-hybridized carbons (Fsp3) is 0.481. The molecule has 2 amide bonds. The third kappa shape index (κ3) is 8.66. The Morgan fingerprint density at radius 3 is 2.16 bits per heavy atom. The van der Waals surface area contributed by atoms with Crippen LogP contribution in [-0.2, 0) is 26.2 Å². The maximum Gasteiger partial charge on any atom is 0.244 e. The van der Waals surface area contributed by atoms with Crippen LogP contribution in [-0.4, -0.2) is 63.2 Å². The van der Waals surface area contributed by atoms with E-state index in [1.54, 1.807) is 50.4 Å². The Hall–Kier alpha value is -3.27. The van der Waals surface area contributed by atoms with Crippen LogP contribution in [0.3, 0.4) is 0 Å². The van der Waals surface area contributed by atoms with Gasteiger partial charge in [-0.25, -0.2) is 8.42 Å². The highest BCUT2D eigenvalue weighted by molar-refractivity contribution is 7.92. The number of carbonyl (C=O) groups is 2. The fourth-order valence-corrected chi connectivity index (χ4v) is 4.69. The van der Waals surface area contributed by atoms with Gasteiger partial charge in [0.05, 0.1) is 25.7 Å². The Balaban J connectivity index is 2.50. The van der Waals surface area contributed by atoms with Crippen LogP contribution in [0.25, 0.3) is 0 Å². The third-order valence-corrected chi connectivity index (χ3v) is 6.64. The number of rotatable bonds is 12. The molecule has 0 aliphatic heterocycles. The normalized spacial score (nSPS) is 12.4. The summed E-state index contributed by atoms with van der Waals surface area (Å²) in [5, 5.41) is 2.95. The maximum atomic E-state index is 13.8. The molecule has 0 spiro atoms. The number of sulfonamides is 1. The lowest BCUT2D eigenvalue weighted by Crippen LogP contribution is -2.55. The largest absolute Gasteiger partial charge is 0.497 e. The molecule has 0 saturated heterocycles. The van der Waals surface area contributed by atoms with Gasteiger partial charge >= 0.3 is 0 Å². The summed E-state index contributed by atoms with van der Waals surface area (Å²) in [4.78, 5) is 28.5. The van der Waals surface area contributed by atoms with Crippen LogP contribution in [0, 0.1) is 0 Å². The number of hydrogen-bond donors (Lipinski definition) is 1. The van der Waals surface area contributed by atoms with Gasteiger partial charge in [-0.15, -0.1) is 0 Å². The number of carbonyl (C=O) groups excluding carboxylic acids is 2. The number of para-hydroxylation sites is 2. The van der Waals surface area contributed by atoms with E-state index >= 15 is 0 Å².